The number of aliphatic hydroxyl groups excluding tert-OH is 1. The monoisotopic (exact) mass is 1190 g/mol. The van der Waals surface area contributed by atoms with Gasteiger partial charge in [0.05, 0.1) is 39.9 Å². The van der Waals surface area contributed by atoms with Crippen molar-refractivity contribution in [1.29, 1.82) is 0 Å². The fourth-order valence-electron chi connectivity index (χ4n) is 11.9. The fourth-order valence-corrected chi connectivity index (χ4v) is 12.6. The minimum absolute atomic E-state index is 0.0158. The fraction of sp³-hybridized carbons (Fsp3) is 0.959. The summed E-state index contributed by atoms with van der Waals surface area (Å²) in [6.07, 6.45) is 84.6. The summed E-state index contributed by atoms with van der Waals surface area (Å²) in [5.74, 6) is -0.155. The van der Waals surface area contributed by atoms with Crippen LogP contribution in [-0.2, 0) is 18.4 Å². The number of aliphatic hydroxyl groups is 1. The number of carbonyl (C=O) groups excluding carboxylic acids is 1. The predicted molar refractivity (Wildman–Crippen MR) is 362 cm³/mol. The number of hydrogen-bond donors (Lipinski definition) is 2. The number of carbonyl (C=O) groups is 1. The summed E-state index contributed by atoms with van der Waals surface area (Å²) in [6.45, 7) is 4.80. The van der Waals surface area contributed by atoms with Gasteiger partial charge in [-0.1, -0.05) is 373 Å². The quantitative estimate of drug-likeness (QED) is 0.0272. The average Bonchev–Trinajstić information content (AvgIpc) is 3.50. The maximum absolute atomic E-state index is 13.1. The minimum Gasteiger partial charge on any atom is -0.756 e. The molecule has 496 valence electrons. The van der Waals surface area contributed by atoms with Crippen molar-refractivity contribution in [3.8, 4) is 0 Å². The highest BCUT2D eigenvalue weighted by atomic mass is 31.2. The molecule has 0 saturated heterocycles. The van der Waals surface area contributed by atoms with E-state index in [4.69, 9.17) is 9.05 Å². The van der Waals surface area contributed by atoms with Gasteiger partial charge in [-0.25, -0.2) is 0 Å². The third kappa shape index (κ3) is 68.6. The first-order valence-electron chi connectivity index (χ1n) is 37.5. The van der Waals surface area contributed by atoms with Crippen molar-refractivity contribution in [2.75, 3.05) is 40.9 Å². The molecule has 0 aromatic carbocycles. The number of unbranched alkanes of at least 4 members (excludes halogenated alkanes) is 56. The molecule has 2 N–H and O–H groups in total. The molecule has 8 nitrogen and oxygen atoms in total. The Morgan fingerprint density at radius 1 is 0.410 bits per heavy atom. The van der Waals surface area contributed by atoms with Crippen LogP contribution < -0.4 is 10.2 Å². The third-order valence-corrected chi connectivity index (χ3v) is 18.7. The number of nitrogens with zero attached hydrogens (tertiary/aromatic N) is 1. The lowest BCUT2D eigenvalue weighted by molar-refractivity contribution is -0.870. The second-order valence-electron chi connectivity index (χ2n) is 27.4. The van der Waals surface area contributed by atoms with E-state index in [1.807, 2.05) is 21.1 Å². The van der Waals surface area contributed by atoms with E-state index in [1.165, 1.54) is 340 Å². The summed E-state index contributed by atoms with van der Waals surface area (Å²) < 4.78 is 23.5. The van der Waals surface area contributed by atoms with Crippen molar-refractivity contribution in [2.24, 2.45) is 0 Å². The van der Waals surface area contributed by atoms with E-state index in [0.29, 0.717) is 23.9 Å². The summed E-state index contributed by atoms with van der Waals surface area (Å²) in [5.41, 5.74) is 0. The van der Waals surface area contributed by atoms with Gasteiger partial charge < -0.3 is 28.8 Å². The number of phosphoric ester groups is 1. The SMILES string of the molecule is CCCCCCCCCCCCCCCCCCCC/C=C\CCCCCCCCCCCCCCCCCCCC(=O)NC(COP(=O)([O-])OCC[N+](C)(C)C)C(O)CCCCCCCCCCCCCCCCCCCCCCCC. The number of quaternary nitrogens is 1. The number of hydrogen-bond acceptors (Lipinski definition) is 6. The zero-order chi connectivity index (χ0) is 60.5. The number of allylic oxidation sites excluding steroid dienone is 2. The smallest absolute Gasteiger partial charge is 0.268 e. The van der Waals surface area contributed by atoms with Crippen molar-refractivity contribution in [3.05, 3.63) is 12.2 Å². The van der Waals surface area contributed by atoms with Gasteiger partial charge in [-0.05, 0) is 38.5 Å². The van der Waals surface area contributed by atoms with Gasteiger partial charge in [-0.15, -0.1) is 0 Å². The molecule has 0 aromatic heterocycles. The largest absolute Gasteiger partial charge is 0.756 e. The first kappa shape index (κ1) is 82.2. The van der Waals surface area contributed by atoms with Crippen molar-refractivity contribution in [1.82, 2.24) is 5.32 Å². The van der Waals surface area contributed by atoms with Crippen LogP contribution in [0.4, 0.5) is 0 Å². The first-order valence-corrected chi connectivity index (χ1v) is 39.0. The topological polar surface area (TPSA) is 108 Å². The molecule has 83 heavy (non-hydrogen) atoms. The van der Waals surface area contributed by atoms with Gasteiger partial charge in [-0.3, -0.25) is 9.36 Å². The van der Waals surface area contributed by atoms with Gasteiger partial charge in [0.25, 0.3) is 7.82 Å². The van der Waals surface area contributed by atoms with Crippen LogP contribution in [0.25, 0.3) is 0 Å². The van der Waals surface area contributed by atoms with Crippen molar-refractivity contribution < 1.29 is 32.9 Å². The lowest BCUT2D eigenvalue weighted by Crippen LogP contribution is -2.46. The number of likely N-dealkylation sites (N-methyl/N-ethyl adjacent to an activating group) is 1. The Hall–Kier alpha value is -0.760. The first-order chi connectivity index (χ1) is 40.5. The van der Waals surface area contributed by atoms with Crippen LogP contribution in [0.3, 0.4) is 0 Å². The molecule has 1 amide bonds. The Bertz CT molecular complexity index is 1360. The van der Waals surface area contributed by atoms with Crippen LogP contribution in [-0.4, -0.2) is 68.5 Å². The third-order valence-electron chi connectivity index (χ3n) is 17.8. The van der Waals surface area contributed by atoms with E-state index in [1.54, 1.807) is 0 Å². The maximum atomic E-state index is 13.1. The standard InChI is InChI=1S/C74H149N2O6P/c1-6-8-10-12-14-16-18-20-22-24-26-28-30-31-32-33-34-35-36-37-38-39-40-41-42-43-44-45-46-48-50-52-54-56-58-60-62-64-66-68-74(78)75-72(71-82-83(79,80)81-70-69-76(3,4)5)73(77)67-65-63-61-59-57-55-53-51-49-47-29-27-25-23-21-19-17-15-13-11-9-7-2/h37-38,72-73,77H,6-36,39-71H2,1-5H3,(H-,75,78,79,80)/b38-37-. The minimum atomic E-state index is -4.58. The summed E-state index contributed by atoms with van der Waals surface area (Å²) in [5, 5.41) is 14.1. The van der Waals surface area contributed by atoms with Gasteiger partial charge in [0, 0.05) is 6.42 Å². The molecule has 3 unspecified atom stereocenters. The molecule has 0 aliphatic heterocycles. The van der Waals surface area contributed by atoms with Crippen LogP contribution in [0.5, 0.6) is 0 Å². The van der Waals surface area contributed by atoms with Crippen LogP contribution >= 0.6 is 7.82 Å². The van der Waals surface area contributed by atoms with Gasteiger partial charge in [0.1, 0.15) is 13.2 Å². The van der Waals surface area contributed by atoms with Crippen LogP contribution in [0.1, 0.15) is 406 Å². The van der Waals surface area contributed by atoms with Crippen LogP contribution in [0, 0.1) is 0 Å². The molecule has 9 heteroatoms. The lowest BCUT2D eigenvalue weighted by atomic mass is 10.0. The molecule has 0 rings (SSSR count). The Balaban J connectivity index is 3.89. The van der Waals surface area contributed by atoms with Gasteiger partial charge in [0.2, 0.25) is 5.91 Å². The summed E-state index contributed by atoms with van der Waals surface area (Å²) in [4.78, 5) is 25.7. The van der Waals surface area contributed by atoms with E-state index in [2.05, 4.69) is 31.3 Å². The Kier molecular flexibility index (Phi) is 65.1. The Morgan fingerprint density at radius 3 is 0.940 bits per heavy atom. The summed E-state index contributed by atoms with van der Waals surface area (Å²) in [6, 6.07) is -0.799. The van der Waals surface area contributed by atoms with Crippen molar-refractivity contribution in [3.63, 3.8) is 0 Å². The zero-order valence-corrected chi connectivity index (χ0v) is 57.8. The molecule has 0 aliphatic rings. The number of amides is 1. The average molecular weight is 1190 g/mol. The van der Waals surface area contributed by atoms with E-state index in [9.17, 15) is 19.4 Å². The molecule has 0 aliphatic carbocycles. The highest BCUT2D eigenvalue weighted by Crippen LogP contribution is 2.38. The Labute approximate surface area is 520 Å². The van der Waals surface area contributed by atoms with Gasteiger partial charge in [0.15, 0.2) is 0 Å². The maximum Gasteiger partial charge on any atom is 0.268 e. The summed E-state index contributed by atoms with van der Waals surface area (Å²) in [7, 11) is 1.33. The van der Waals surface area contributed by atoms with Crippen molar-refractivity contribution in [2.45, 2.75) is 418 Å². The van der Waals surface area contributed by atoms with E-state index < -0.39 is 20.0 Å². The molecule has 0 spiro atoms. The highest BCUT2D eigenvalue weighted by molar-refractivity contribution is 7.45. The molecule has 0 fully saturated rings. The van der Waals surface area contributed by atoms with Gasteiger partial charge >= 0.3 is 0 Å². The second kappa shape index (κ2) is 65.7. The van der Waals surface area contributed by atoms with E-state index in [-0.39, 0.29) is 19.1 Å². The highest BCUT2D eigenvalue weighted by Gasteiger charge is 2.24. The number of nitrogens with one attached hydrogen (secondary N) is 1. The van der Waals surface area contributed by atoms with Crippen LogP contribution in [0.15, 0.2) is 12.2 Å². The number of phosphoric acid groups is 1. The normalized spacial score (nSPS) is 13.6. The number of rotatable bonds is 71. The van der Waals surface area contributed by atoms with Crippen LogP contribution in [0.2, 0.25) is 0 Å². The molecule has 0 aromatic rings. The van der Waals surface area contributed by atoms with Gasteiger partial charge in [-0.2, -0.15) is 0 Å². The molecule has 0 heterocycles. The lowest BCUT2D eigenvalue weighted by Gasteiger charge is -2.30. The second-order valence-corrected chi connectivity index (χ2v) is 28.8. The van der Waals surface area contributed by atoms with E-state index in [0.717, 1.165) is 38.5 Å². The molecule has 0 radical (unpaired) electrons. The predicted octanol–water partition coefficient (Wildman–Crippen LogP) is 23.4. The molecular formula is C74H149N2O6P. The zero-order valence-electron chi connectivity index (χ0n) is 56.9. The molecule has 0 saturated carbocycles. The molecule has 0 bridgehead atoms. The summed E-state index contributed by atoms with van der Waals surface area (Å²) >= 11 is 0. The molecular weight excluding hydrogens is 1040 g/mol. The Morgan fingerprint density at radius 2 is 0.663 bits per heavy atom. The van der Waals surface area contributed by atoms with E-state index >= 15 is 0 Å². The van der Waals surface area contributed by atoms with Crippen molar-refractivity contribution >= 4 is 13.7 Å². The molecule has 3 atom stereocenters.